The third kappa shape index (κ3) is 5.70. The average molecular weight is 380 g/mol. The molecule has 0 aliphatic rings. The van der Waals surface area contributed by atoms with Crippen LogP contribution in [-0.4, -0.2) is 22.9 Å². The van der Waals surface area contributed by atoms with Crippen molar-refractivity contribution < 1.29 is 4.79 Å². The second kappa shape index (κ2) is 9.02. The largest absolute Gasteiger partial charge is 0.340 e. The van der Waals surface area contributed by atoms with Crippen LogP contribution < -0.4 is 20.7 Å². The van der Waals surface area contributed by atoms with Gasteiger partial charge in [-0.2, -0.15) is 0 Å². The fraction of sp³-hybridized carbons (Fsp3) is 0.105. The lowest BCUT2D eigenvalue weighted by molar-refractivity contribution is -0.114. The highest BCUT2D eigenvalue weighted by Crippen LogP contribution is 2.23. The van der Waals surface area contributed by atoms with Crippen LogP contribution in [0.4, 0.5) is 28.7 Å². The summed E-state index contributed by atoms with van der Waals surface area (Å²) in [4.78, 5) is 20.8. The van der Waals surface area contributed by atoms with Gasteiger partial charge in [-0.3, -0.25) is 9.52 Å². The molecule has 3 rings (SSSR count). The Hall–Kier alpha value is -3.10. The molecule has 0 saturated carbocycles. The maximum atomic E-state index is 11.2. The van der Waals surface area contributed by atoms with Crippen LogP contribution in [0.1, 0.15) is 6.92 Å². The molecule has 0 bridgehead atoms. The van der Waals surface area contributed by atoms with E-state index in [4.69, 9.17) is 0 Å². The van der Waals surface area contributed by atoms with Gasteiger partial charge in [0, 0.05) is 34.9 Å². The second-order valence-electron chi connectivity index (χ2n) is 5.63. The van der Waals surface area contributed by atoms with E-state index < -0.39 is 0 Å². The molecule has 0 spiro atoms. The number of nitrogens with zero attached hydrogens (tertiary/aromatic N) is 2. The van der Waals surface area contributed by atoms with Gasteiger partial charge in [-0.25, -0.2) is 9.97 Å². The molecule has 27 heavy (non-hydrogen) atoms. The van der Waals surface area contributed by atoms with Gasteiger partial charge >= 0.3 is 0 Å². The van der Waals surface area contributed by atoms with Gasteiger partial charge in [0.1, 0.15) is 18.0 Å². The molecule has 0 unspecified atom stereocenters. The highest BCUT2D eigenvalue weighted by atomic mass is 32.2. The summed E-state index contributed by atoms with van der Waals surface area (Å²) in [5.74, 6) is 1.21. The zero-order chi connectivity index (χ0) is 19.1. The number of carbonyl (C=O) groups is 1. The minimum absolute atomic E-state index is 0.112. The van der Waals surface area contributed by atoms with E-state index in [0.717, 1.165) is 22.0 Å². The Kier molecular flexibility index (Phi) is 6.24. The van der Waals surface area contributed by atoms with E-state index in [0.29, 0.717) is 11.6 Å². The van der Waals surface area contributed by atoms with Crippen molar-refractivity contribution in [2.75, 3.05) is 23.0 Å². The van der Waals surface area contributed by atoms with Gasteiger partial charge in [-0.05, 0) is 55.4 Å². The Morgan fingerprint density at radius 3 is 2.19 bits per heavy atom. The van der Waals surface area contributed by atoms with Gasteiger partial charge < -0.3 is 16.0 Å². The summed E-state index contributed by atoms with van der Waals surface area (Å²) >= 11 is 1.55. The number of benzene rings is 2. The molecule has 138 valence electrons. The second-order valence-corrected chi connectivity index (χ2v) is 6.72. The Bertz CT molecular complexity index is 933. The molecule has 1 aromatic heterocycles. The summed E-state index contributed by atoms with van der Waals surface area (Å²) in [6.07, 6.45) is 1.49. The van der Waals surface area contributed by atoms with Crippen molar-refractivity contribution in [1.82, 2.24) is 14.7 Å². The van der Waals surface area contributed by atoms with Gasteiger partial charge in [0.25, 0.3) is 0 Å². The number of carbonyl (C=O) groups excluding carboxylic acids is 1. The summed E-state index contributed by atoms with van der Waals surface area (Å²) in [7, 11) is 1.88. The third-order valence-electron chi connectivity index (χ3n) is 3.45. The SMILES string of the molecule is CNSc1cccc(Nc2cc(Nc3cccc(NC(C)=O)c3)ncn2)c1. The summed E-state index contributed by atoms with van der Waals surface area (Å²) in [6, 6.07) is 17.3. The molecule has 0 aliphatic heterocycles. The summed E-state index contributed by atoms with van der Waals surface area (Å²) in [6.45, 7) is 1.48. The first-order valence-corrected chi connectivity index (χ1v) is 9.11. The lowest BCUT2D eigenvalue weighted by Crippen LogP contribution is -2.06. The predicted molar refractivity (Wildman–Crippen MR) is 111 cm³/mol. The standard InChI is InChI=1S/C19H20N6OS/c1-13(26)23-14-5-3-6-15(9-14)24-18-11-19(22-12-21-18)25-16-7-4-8-17(10-16)27-20-2/h3-12,20H,1-2H3,(H,23,26)(H2,21,22,24,25). The number of anilines is 5. The Morgan fingerprint density at radius 2 is 1.52 bits per heavy atom. The molecule has 3 aromatic rings. The monoisotopic (exact) mass is 380 g/mol. The fourth-order valence-electron chi connectivity index (χ4n) is 2.42. The zero-order valence-corrected chi connectivity index (χ0v) is 15.8. The first-order chi connectivity index (χ1) is 13.1. The Balaban J connectivity index is 1.72. The molecule has 0 fully saturated rings. The minimum Gasteiger partial charge on any atom is -0.340 e. The minimum atomic E-state index is -0.112. The normalized spacial score (nSPS) is 10.3. The number of hydrogen-bond donors (Lipinski definition) is 4. The van der Waals surface area contributed by atoms with Crippen molar-refractivity contribution in [1.29, 1.82) is 0 Å². The number of nitrogens with one attached hydrogen (secondary N) is 4. The molecule has 8 heteroatoms. The molecule has 0 radical (unpaired) electrons. The van der Waals surface area contributed by atoms with Crippen LogP contribution in [0.2, 0.25) is 0 Å². The molecule has 0 atom stereocenters. The van der Waals surface area contributed by atoms with Crippen molar-refractivity contribution in [2.24, 2.45) is 0 Å². The molecule has 4 N–H and O–H groups in total. The average Bonchev–Trinajstić information content (AvgIpc) is 2.62. The molecule has 1 amide bonds. The highest BCUT2D eigenvalue weighted by molar-refractivity contribution is 7.97. The van der Waals surface area contributed by atoms with Crippen LogP contribution in [0, 0.1) is 0 Å². The van der Waals surface area contributed by atoms with Crippen molar-refractivity contribution in [2.45, 2.75) is 11.8 Å². The molecular formula is C19H20N6OS. The first-order valence-electron chi connectivity index (χ1n) is 8.30. The lowest BCUT2D eigenvalue weighted by atomic mass is 10.2. The molecule has 0 saturated heterocycles. The molecule has 7 nitrogen and oxygen atoms in total. The summed E-state index contributed by atoms with van der Waals surface area (Å²) < 4.78 is 3.05. The molecule has 0 aliphatic carbocycles. The Labute approximate surface area is 162 Å². The zero-order valence-electron chi connectivity index (χ0n) is 15.0. The number of amides is 1. The van der Waals surface area contributed by atoms with Crippen LogP contribution in [0.3, 0.4) is 0 Å². The predicted octanol–water partition coefficient (Wildman–Crippen LogP) is 4.15. The van der Waals surface area contributed by atoms with E-state index in [9.17, 15) is 4.79 Å². The first kappa shape index (κ1) is 18.7. The van der Waals surface area contributed by atoms with Crippen LogP contribution in [0.15, 0.2) is 65.8 Å². The third-order valence-corrected chi connectivity index (χ3v) is 4.14. The van der Waals surface area contributed by atoms with E-state index in [-0.39, 0.29) is 5.91 Å². The van der Waals surface area contributed by atoms with Crippen LogP contribution in [0.5, 0.6) is 0 Å². The number of hydrogen-bond acceptors (Lipinski definition) is 7. The Morgan fingerprint density at radius 1 is 0.889 bits per heavy atom. The van der Waals surface area contributed by atoms with Crippen molar-refractivity contribution in [3.05, 3.63) is 60.9 Å². The molecular weight excluding hydrogens is 360 g/mol. The summed E-state index contributed by atoms with van der Waals surface area (Å²) in [5.41, 5.74) is 2.48. The number of aromatic nitrogens is 2. The number of rotatable bonds is 7. The maximum Gasteiger partial charge on any atom is 0.221 e. The van der Waals surface area contributed by atoms with Crippen LogP contribution in [-0.2, 0) is 4.79 Å². The smallest absolute Gasteiger partial charge is 0.221 e. The maximum absolute atomic E-state index is 11.2. The highest BCUT2D eigenvalue weighted by Gasteiger charge is 2.03. The van der Waals surface area contributed by atoms with Gasteiger partial charge in [0.2, 0.25) is 5.91 Å². The van der Waals surface area contributed by atoms with Crippen molar-refractivity contribution in [3.8, 4) is 0 Å². The van der Waals surface area contributed by atoms with Gasteiger partial charge in [-0.15, -0.1) is 0 Å². The van der Waals surface area contributed by atoms with Crippen molar-refractivity contribution in [3.63, 3.8) is 0 Å². The van der Waals surface area contributed by atoms with Gasteiger partial charge in [0.05, 0.1) is 0 Å². The van der Waals surface area contributed by atoms with Crippen molar-refractivity contribution >= 4 is 46.6 Å². The van der Waals surface area contributed by atoms with E-state index in [2.05, 4.69) is 30.6 Å². The van der Waals surface area contributed by atoms with Crippen LogP contribution >= 0.6 is 11.9 Å². The fourth-order valence-corrected chi connectivity index (χ4v) is 2.99. The van der Waals surface area contributed by atoms with E-state index >= 15 is 0 Å². The topological polar surface area (TPSA) is 91.0 Å². The molecule has 1 heterocycles. The quantitative estimate of drug-likeness (QED) is 0.458. The van der Waals surface area contributed by atoms with E-state index in [1.807, 2.05) is 61.6 Å². The summed E-state index contributed by atoms with van der Waals surface area (Å²) in [5, 5.41) is 9.26. The van der Waals surface area contributed by atoms with E-state index in [1.54, 1.807) is 11.9 Å². The van der Waals surface area contributed by atoms with Gasteiger partial charge in [-0.1, -0.05) is 12.1 Å². The van der Waals surface area contributed by atoms with Gasteiger partial charge in [0.15, 0.2) is 0 Å². The lowest BCUT2D eigenvalue weighted by Gasteiger charge is -2.10. The molecule has 2 aromatic carbocycles. The van der Waals surface area contributed by atoms with Crippen LogP contribution in [0.25, 0.3) is 0 Å². The van der Waals surface area contributed by atoms with E-state index in [1.165, 1.54) is 13.3 Å².